The lowest BCUT2D eigenvalue weighted by molar-refractivity contribution is 0.574. The third-order valence-electron chi connectivity index (χ3n) is 3.20. The molecule has 0 saturated carbocycles. The van der Waals surface area contributed by atoms with Crippen LogP contribution < -0.4 is 5.32 Å². The van der Waals surface area contributed by atoms with Gasteiger partial charge in [-0.25, -0.2) is 4.98 Å². The van der Waals surface area contributed by atoms with E-state index in [4.69, 9.17) is 0 Å². The van der Waals surface area contributed by atoms with Crippen molar-refractivity contribution in [3.8, 4) is 0 Å². The van der Waals surface area contributed by atoms with Crippen LogP contribution in [0.2, 0.25) is 0 Å². The molecule has 1 heterocycles. The highest BCUT2D eigenvalue weighted by atomic mass is 32.1. The van der Waals surface area contributed by atoms with Crippen molar-refractivity contribution in [1.82, 2.24) is 10.3 Å². The summed E-state index contributed by atoms with van der Waals surface area (Å²) in [5.41, 5.74) is 2.40. The van der Waals surface area contributed by atoms with Crippen molar-refractivity contribution in [2.75, 3.05) is 0 Å². The first-order chi connectivity index (χ1) is 9.33. The number of nitrogens with one attached hydrogen (secondary N) is 1. The Kier molecular flexibility index (Phi) is 3.58. The number of aromatic nitrogens is 1. The molecule has 0 radical (unpaired) electrons. The molecule has 1 N–H and O–H groups in total. The Hall–Kier alpha value is -1.71. The molecule has 1 aromatic heterocycles. The highest BCUT2D eigenvalue weighted by Gasteiger charge is 2.06. The summed E-state index contributed by atoms with van der Waals surface area (Å²) in [5.74, 6) is 0. The molecule has 0 bridgehead atoms. The number of benzene rings is 2. The van der Waals surface area contributed by atoms with E-state index < -0.39 is 0 Å². The molecule has 2 nitrogen and oxygen atoms in total. The molecule has 3 aromatic rings. The van der Waals surface area contributed by atoms with Gasteiger partial charge < -0.3 is 5.32 Å². The van der Waals surface area contributed by atoms with E-state index in [1.54, 1.807) is 11.3 Å². The summed E-state index contributed by atoms with van der Waals surface area (Å²) < 4.78 is 1.26. The highest BCUT2D eigenvalue weighted by Crippen LogP contribution is 2.22. The Labute approximate surface area is 117 Å². The highest BCUT2D eigenvalue weighted by molar-refractivity contribution is 7.18. The molecule has 96 valence electrons. The molecule has 0 saturated heterocycles. The first-order valence-corrected chi connectivity index (χ1v) is 7.27. The maximum Gasteiger partial charge on any atom is 0.108 e. The molecule has 0 fully saturated rings. The van der Waals surface area contributed by atoms with Gasteiger partial charge in [-0.15, -0.1) is 11.3 Å². The standard InChI is InChI=1S/C16H16N2S/c1-12(13-7-3-2-4-8-13)17-11-16-18-14-9-5-6-10-15(14)19-16/h2-10,12,17H,11H2,1H3/t12-/m0/s1. The molecular weight excluding hydrogens is 252 g/mol. The molecule has 3 rings (SSSR count). The lowest BCUT2D eigenvalue weighted by Crippen LogP contribution is -2.17. The molecule has 2 aromatic carbocycles. The number of hydrogen-bond donors (Lipinski definition) is 1. The van der Waals surface area contributed by atoms with E-state index in [9.17, 15) is 0 Å². The van der Waals surface area contributed by atoms with Gasteiger partial charge in [-0.2, -0.15) is 0 Å². The number of rotatable bonds is 4. The Morgan fingerprint density at radius 1 is 1.05 bits per heavy atom. The summed E-state index contributed by atoms with van der Waals surface area (Å²) in [6, 6.07) is 19.1. The van der Waals surface area contributed by atoms with Gasteiger partial charge >= 0.3 is 0 Å². The van der Waals surface area contributed by atoms with Crippen molar-refractivity contribution in [1.29, 1.82) is 0 Å². The Bertz CT molecular complexity index is 628. The lowest BCUT2D eigenvalue weighted by Gasteiger charge is -2.12. The van der Waals surface area contributed by atoms with E-state index in [-0.39, 0.29) is 0 Å². The number of hydrogen-bond acceptors (Lipinski definition) is 3. The Morgan fingerprint density at radius 2 is 1.79 bits per heavy atom. The van der Waals surface area contributed by atoms with Crippen LogP contribution >= 0.6 is 11.3 Å². The van der Waals surface area contributed by atoms with Crippen LogP contribution in [-0.4, -0.2) is 4.98 Å². The number of para-hydroxylation sites is 1. The van der Waals surface area contributed by atoms with E-state index in [1.807, 2.05) is 12.1 Å². The van der Waals surface area contributed by atoms with Gasteiger partial charge in [-0.1, -0.05) is 42.5 Å². The third-order valence-corrected chi connectivity index (χ3v) is 4.23. The van der Waals surface area contributed by atoms with Crippen LogP contribution in [0.3, 0.4) is 0 Å². The minimum absolute atomic E-state index is 0.341. The summed E-state index contributed by atoms with van der Waals surface area (Å²) in [4.78, 5) is 4.63. The van der Waals surface area contributed by atoms with Crippen molar-refractivity contribution >= 4 is 21.6 Å². The smallest absolute Gasteiger partial charge is 0.108 e. The van der Waals surface area contributed by atoms with Crippen molar-refractivity contribution in [3.63, 3.8) is 0 Å². The summed E-state index contributed by atoms with van der Waals surface area (Å²) >= 11 is 1.76. The predicted molar refractivity (Wildman–Crippen MR) is 81.3 cm³/mol. The molecule has 0 spiro atoms. The van der Waals surface area contributed by atoms with E-state index in [0.717, 1.165) is 17.1 Å². The molecule has 0 unspecified atom stereocenters. The summed E-state index contributed by atoms with van der Waals surface area (Å²) in [7, 11) is 0. The van der Waals surface area contributed by atoms with Crippen molar-refractivity contribution in [3.05, 3.63) is 65.2 Å². The van der Waals surface area contributed by atoms with Crippen molar-refractivity contribution in [2.24, 2.45) is 0 Å². The molecule has 0 aliphatic carbocycles. The van der Waals surface area contributed by atoms with Crippen LogP contribution in [0.4, 0.5) is 0 Å². The van der Waals surface area contributed by atoms with Gasteiger partial charge in [0.2, 0.25) is 0 Å². The molecular formula is C16H16N2S. The fourth-order valence-corrected chi connectivity index (χ4v) is 3.01. The first kappa shape index (κ1) is 12.3. The van der Waals surface area contributed by atoms with E-state index >= 15 is 0 Å². The Balaban J connectivity index is 1.69. The quantitative estimate of drug-likeness (QED) is 0.769. The zero-order chi connectivity index (χ0) is 13.1. The maximum atomic E-state index is 4.63. The van der Waals surface area contributed by atoms with Crippen LogP contribution in [-0.2, 0) is 6.54 Å². The Morgan fingerprint density at radius 3 is 2.58 bits per heavy atom. The molecule has 0 amide bonds. The van der Waals surface area contributed by atoms with Gasteiger partial charge in [-0.3, -0.25) is 0 Å². The molecule has 19 heavy (non-hydrogen) atoms. The zero-order valence-corrected chi connectivity index (χ0v) is 11.7. The second kappa shape index (κ2) is 5.51. The van der Waals surface area contributed by atoms with Gasteiger partial charge in [0.05, 0.1) is 10.2 Å². The van der Waals surface area contributed by atoms with Gasteiger partial charge in [0.1, 0.15) is 5.01 Å². The van der Waals surface area contributed by atoms with Gasteiger partial charge in [0, 0.05) is 12.6 Å². The van der Waals surface area contributed by atoms with Crippen LogP contribution in [0.15, 0.2) is 54.6 Å². The normalized spacial score (nSPS) is 12.7. The van der Waals surface area contributed by atoms with Gasteiger partial charge in [-0.05, 0) is 24.6 Å². The van der Waals surface area contributed by atoms with Crippen molar-refractivity contribution < 1.29 is 0 Å². The van der Waals surface area contributed by atoms with Crippen molar-refractivity contribution in [2.45, 2.75) is 19.5 Å². The van der Waals surface area contributed by atoms with E-state index in [2.05, 4.69) is 59.7 Å². The molecule has 0 aliphatic rings. The summed E-state index contributed by atoms with van der Waals surface area (Å²) in [6.07, 6.45) is 0. The van der Waals surface area contributed by atoms with Crippen LogP contribution in [0.25, 0.3) is 10.2 Å². The monoisotopic (exact) mass is 268 g/mol. The van der Waals surface area contributed by atoms with E-state index in [1.165, 1.54) is 10.3 Å². The molecule has 3 heteroatoms. The number of thiazole rings is 1. The molecule has 1 atom stereocenters. The predicted octanol–water partition coefficient (Wildman–Crippen LogP) is 4.15. The second-order valence-electron chi connectivity index (χ2n) is 4.59. The van der Waals surface area contributed by atoms with Crippen LogP contribution in [0, 0.1) is 0 Å². The maximum absolute atomic E-state index is 4.63. The summed E-state index contributed by atoms with van der Waals surface area (Å²) in [5, 5.41) is 4.67. The third kappa shape index (κ3) is 2.83. The molecule has 0 aliphatic heterocycles. The zero-order valence-electron chi connectivity index (χ0n) is 10.8. The number of fused-ring (bicyclic) bond motifs is 1. The number of nitrogens with zero attached hydrogens (tertiary/aromatic N) is 1. The van der Waals surface area contributed by atoms with Gasteiger partial charge in [0.15, 0.2) is 0 Å². The minimum Gasteiger partial charge on any atom is -0.304 e. The topological polar surface area (TPSA) is 24.9 Å². The van der Waals surface area contributed by atoms with Crippen LogP contribution in [0.1, 0.15) is 23.5 Å². The summed E-state index contributed by atoms with van der Waals surface area (Å²) in [6.45, 7) is 3.00. The lowest BCUT2D eigenvalue weighted by atomic mass is 10.1. The first-order valence-electron chi connectivity index (χ1n) is 6.46. The minimum atomic E-state index is 0.341. The second-order valence-corrected chi connectivity index (χ2v) is 5.70. The fourth-order valence-electron chi connectivity index (χ4n) is 2.10. The van der Waals surface area contributed by atoms with Gasteiger partial charge in [0.25, 0.3) is 0 Å². The van der Waals surface area contributed by atoms with Crippen LogP contribution in [0.5, 0.6) is 0 Å². The SMILES string of the molecule is C[C@H](NCc1nc2ccccc2s1)c1ccccc1. The largest absolute Gasteiger partial charge is 0.304 e. The average Bonchev–Trinajstić information content (AvgIpc) is 2.88. The average molecular weight is 268 g/mol. The van der Waals surface area contributed by atoms with E-state index in [0.29, 0.717) is 6.04 Å². The fraction of sp³-hybridized carbons (Fsp3) is 0.188.